The summed E-state index contributed by atoms with van der Waals surface area (Å²) in [6.07, 6.45) is 0.177. The van der Waals surface area contributed by atoms with Crippen molar-refractivity contribution in [2.24, 2.45) is 0 Å². The van der Waals surface area contributed by atoms with Crippen LogP contribution in [-0.2, 0) is 4.79 Å². The van der Waals surface area contributed by atoms with E-state index in [0.29, 0.717) is 0 Å². The molecule has 2 heterocycles. The molecule has 0 aliphatic carbocycles. The topological polar surface area (TPSA) is 56.4 Å². The molecule has 68 valence electrons. The predicted molar refractivity (Wildman–Crippen MR) is 44.1 cm³/mol. The number of nitrogens with zero attached hydrogens (tertiary/aromatic N) is 1. The number of likely N-dealkylation sites (N-methyl/N-ethyl adjacent to an activating group) is 1. The van der Waals surface area contributed by atoms with E-state index >= 15 is 0 Å². The molecule has 12 heavy (non-hydrogen) atoms. The number of hydrogen-bond donors (Lipinski definition) is 3. The molecule has 5 heteroatoms. The largest absolute Gasteiger partial charge is 0.340 e. The SMILES string of the molecule is CC1NC(=O)C2C(NCN2C)N1. The van der Waals surface area contributed by atoms with Crippen molar-refractivity contribution >= 4 is 5.91 Å². The van der Waals surface area contributed by atoms with Crippen molar-refractivity contribution in [2.75, 3.05) is 13.7 Å². The number of carbonyl (C=O) groups excluding carboxylic acids is 1. The van der Waals surface area contributed by atoms with Gasteiger partial charge in [0.25, 0.3) is 0 Å². The van der Waals surface area contributed by atoms with Crippen LogP contribution in [0.5, 0.6) is 0 Å². The van der Waals surface area contributed by atoms with Gasteiger partial charge in [-0.05, 0) is 14.0 Å². The highest BCUT2D eigenvalue weighted by molar-refractivity contribution is 5.83. The Balaban J connectivity index is 2.14. The minimum atomic E-state index is -0.0544. The zero-order valence-electron chi connectivity index (χ0n) is 7.29. The number of hydrogen-bond acceptors (Lipinski definition) is 4. The molecule has 0 aromatic rings. The molecule has 2 aliphatic heterocycles. The quantitative estimate of drug-likeness (QED) is 0.403. The van der Waals surface area contributed by atoms with Crippen molar-refractivity contribution in [3.05, 3.63) is 0 Å². The first-order valence-electron chi connectivity index (χ1n) is 4.18. The van der Waals surface area contributed by atoms with Gasteiger partial charge < -0.3 is 5.32 Å². The Morgan fingerprint density at radius 3 is 3.08 bits per heavy atom. The van der Waals surface area contributed by atoms with Crippen LogP contribution in [0.1, 0.15) is 6.92 Å². The third kappa shape index (κ3) is 1.10. The Hall–Kier alpha value is -0.650. The van der Waals surface area contributed by atoms with Gasteiger partial charge in [0.05, 0.1) is 12.3 Å². The minimum Gasteiger partial charge on any atom is -0.340 e. The molecule has 5 nitrogen and oxygen atoms in total. The van der Waals surface area contributed by atoms with Gasteiger partial charge in [0.2, 0.25) is 5.91 Å². The van der Waals surface area contributed by atoms with Crippen LogP contribution in [-0.4, -0.2) is 42.9 Å². The molecular formula is C7H14N4O. The molecule has 1 amide bonds. The normalized spacial score (nSPS) is 42.5. The summed E-state index contributed by atoms with van der Waals surface area (Å²) in [5, 5.41) is 9.33. The van der Waals surface area contributed by atoms with E-state index < -0.39 is 0 Å². The van der Waals surface area contributed by atoms with E-state index in [2.05, 4.69) is 16.0 Å². The van der Waals surface area contributed by atoms with Crippen LogP contribution in [0.15, 0.2) is 0 Å². The van der Waals surface area contributed by atoms with E-state index in [9.17, 15) is 4.79 Å². The van der Waals surface area contributed by atoms with Crippen molar-refractivity contribution in [3.8, 4) is 0 Å². The van der Waals surface area contributed by atoms with Crippen molar-refractivity contribution in [1.29, 1.82) is 0 Å². The standard InChI is InChI=1S/C7H14N4O/c1-4-9-6-5(7(12)10-4)11(2)3-8-6/h4-6,8-9H,3H2,1-2H3,(H,10,12). The van der Waals surface area contributed by atoms with E-state index in [4.69, 9.17) is 0 Å². The van der Waals surface area contributed by atoms with E-state index in [1.54, 1.807) is 0 Å². The second kappa shape index (κ2) is 2.69. The van der Waals surface area contributed by atoms with Crippen LogP contribution in [0, 0.1) is 0 Å². The maximum absolute atomic E-state index is 11.5. The molecule has 0 aromatic heterocycles. The first-order chi connectivity index (χ1) is 5.68. The summed E-state index contributed by atoms with van der Waals surface area (Å²) in [4.78, 5) is 13.5. The lowest BCUT2D eigenvalue weighted by molar-refractivity contribution is -0.128. The maximum Gasteiger partial charge on any atom is 0.241 e. The fourth-order valence-corrected chi connectivity index (χ4v) is 1.82. The van der Waals surface area contributed by atoms with Crippen LogP contribution < -0.4 is 16.0 Å². The summed E-state index contributed by atoms with van der Waals surface area (Å²) in [7, 11) is 1.94. The highest BCUT2D eigenvalue weighted by Crippen LogP contribution is 2.11. The summed E-state index contributed by atoms with van der Waals surface area (Å²) in [6.45, 7) is 2.70. The molecule has 0 bridgehead atoms. The molecule has 3 N–H and O–H groups in total. The lowest BCUT2D eigenvalue weighted by Gasteiger charge is -2.33. The fourth-order valence-electron chi connectivity index (χ4n) is 1.82. The van der Waals surface area contributed by atoms with Gasteiger partial charge in [0.15, 0.2) is 0 Å². The van der Waals surface area contributed by atoms with Gasteiger partial charge in [-0.3, -0.25) is 20.3 Å². The Morgan fingerprint density at radius 2 is 2.33 bits per heavy atom. The highest BCUT2D eigenvalue weighted by Gasteiger charge is 2.41. The lowest BCUT2D eigenvalue weighted by atomic mass is 10.1. The molecular weight excluding hydrogens is 156 g/mol. The van der Waals surface area contributed by atoms with E-state index in [1.165, 1.54) is 0 Å². The Labute approximate surface area is 71.5 Å². The number of amides is 1. The maximum atomic E-state index is 11.5. The number of fused-ring (bicyclic) bond motifs is 1. The van der Waals surface area contributed by atoms with Crippen LogP contribution >= 0.6 is 0 Å². The molecule has 0 spiro atoms. The van der Waals surface area contributed by atoms with Crippen LogP contribution in [0.2, 0.25) is 0 Å². The zero-order valence-corrected chi connectivity index (χ0v) is 7.29. The fraction of sp³-hybridized carbons (Fsp3) is 0.857. The Kier molecular flexibility index (Phi) is 1.79. The van der Waals surface area contributed by atoms with Crippen molar-refractivity contribution in [3.63, 3.8) is 0 Å². The van der Waals surface area contributed by atoms with Crippen LogP contribution in [0.3, 0.4) is 0 Å². The first-order valence-corrected chi connectivity index (χ1v) is 4.18. The van der Waals surface area contributed by atoms with Crippen LogP contribution in [0.25, 0.3) is 0 Å². The van der Waals surface area contributed by atoms with Gasteiger partial charge in [-0.15, -0.1) is 0 Å². The van der Waals surface area contributed by atoms with Gasteiger partial charge in [-0.2, -0.15) is 0 Å². The molecule has 2 rings (SSSR count). The van der Waals surface area contributed by atoms with Gasteiger partial charge in [-0.1, -0.05) is 0 Å². The number of nitrogens with one attached hydrogen (secondary N) is 3. The summed E-state index contributed by atoms with van der Waals surface area (Å²) >= 11 is 0. The van der Waals surface area contributed by atoms with Crippen molar-refractivity contribution in [2.45, 2.75) is 25.3 Å². The van der Waals surface area contributed by atoms with E-state index in [1.807, 2.05) is 18.9 Å². The van der Waals surface area contributed by atoms with Gasteiger partial charge in [-0.25, -0.2) is 0 Å². The molecule has 3 atom stereocenters. The van der Waals surface area contributed by atoms with Gasteiger partial charge in [0.1, 0.15) is 6.04 Å². The summed E-state index contributed by atoms with van der Waals surface area (Å²) in [6, 6.07) is -0.0544. The van der Waals surface area contributed by atoms with Gasteiger partial charge in [0, 0.05) is 6.67 Å². The molecule has 3 unspecified atom stereocenters. The van der Waals surface area contributed by atoms with E-state index in [-0.39, 0.29) is 24.3 Å². The predicted octanol–water partition coefficient (Wildman–Crippen LogP) is -1.76. The molecule has 2 aliphatic rings. The summed E-state index contributed by atoms with van der Waals surface area (Å²) < 4.78 is 0. The zero-order chi connectivity index (χ0) is 8.72. The summed E-state index contributed by atoms with van der Waals surface area (Å²) in [5.41, 5.74) is 0. The monoisotopic (exact) mass is 170 g/mol. The number of carbonyl (C=O) groups is 1. The molecule has 0 aromatic carbocycles. The lowest BCUT2D eigenvalue weighted by Crippen LogP contribution is -2.65. The Morgan fingerprint density at radius 1 is 1.58 bits per heavy atom. The second-order valence-electron chi connectivity index (χ2n) is 3.44. The van der Waals surface area contributed by atoms with Crippen molar-refractivity contribution < 1.29 is 4.79 Å². The smallest absolute Gasteiger partial charge is 0.241 e. The molecule has 0 radical (unpaired) electrons. The second-order valence-corrected chi connectivity index (χ2v) is 3.44. The van der Waals surface area contributed by atoms with Gasteiger partial charge >= 0.3 is 0 Å². The van der Waals surface area contributed by atoms with E-state index in [0.717, 1.165) is 6.67 Å². The first kappa shape index (κ1) is 7.97. The third-order valence-electron chi connectivity index (χ3n) is 2.41. The molecule has 2 fully saturated rings. The minimum absolute atomic E-state index is 0.0544. The Bertz CT molecular complexity index is 208. The summed E-state index contributed by atoms with van der Waals surface area (Å²) in [5.74, 6) is 0.110. The van der Waals surface area contributed by atoms with Crippen LogP contribution in [0.4, 0.5) is 0 Å². The average molecular weight is 170 g/mol. The number of rotatable bonds is 0. The molecule has 2 saturated heterocycles. The third-order valence-corrected chi connectivity index (χ3v) is 2.41. The van der Waals surface area contributed by atoms with Crippen molar-refractivity contribution in [1.82, 2.24) is 20.9 Å². The molecule has 0 saturated carbocycles. The highest BCUT2D eigenvalue weighted by atomic mass is 16.2. The average Bonchev–Trinajstić information content (AvgIpc) is 2.31.